The van der Waals surface area contributed by atoms with Crippen LogP contribution in [0.4, 0.5) is 5.13 Å². The fourth-order valence-corrected chi connectivity index (χ4v) is 5.29. The highest BCUT2D eigenvalue weighted by Gasteiger charge is 2.26. The molecule has 9 heteroatoms. The van der Waals surface area contributed by atoms with Crippen molar-refractivity contribution in [3.63, 3.8) is 0 Å². The molecule has 1 unspecified atom stereocenters. The van der Waals surface area contributed by atoms with Crippen molar-refractivity contribution in [3.05, 3.63) is 54.1 Å². The van der Waals surface area contributed by atoms with Crippen LogP contribution in [0.2, 0.25) is 0 Å². The van der Waals surface area contributed by atoms with Crippen LogP contribution in [0.3, 0.4) is 0 Å². The number of benzene rings is 2. The van der Waals surface area contributed by atoms with Gasteiger partial charge in [-0.25, -0.2) is 13.4 Å². The molecule has 1 fully saturated rings. The number of anilines is 1. The Balaban J connectivity index is 1.45. The second-order valence-electron chi connectivity index (χ2n) is 6.89. The van der Waals surface area contributed by atoms with Crippen molar-refractivity contribution >= 4 is 42.6 Å². The number of nitrogens with zero attached hydrogens (tertiary/aromatic N) is 2. The molecule has 1 aromatic heterocycles. The van der Waals surface area contributed by atoms with Crippen LogP contribution in [0.1, 0.15) is 23.2 Å². The summed E-state index contributed by atoms with van der Waals surface area (Å²) in [5.41, 5.74) is 1.19. The van der Waals surface area contributed by atoms with E-state index < -0.39 is 10.0 Å². The number of likely N-dealkylation sites (N-methyl/N-ethyl adjacent to an activating group) is 1. The lowest BCUT2D eigenvalue weighted by molar-refractivity contribution is 0.0979. The summed E-state index contributed by atoms with van der Waals surface area (Å²) >= 11 is 1.39. The summed E-state index contributed by atoms with van der Waals surface area (Å²) in [5.74, 6) is -0.333. The average molecular weight is 432 g/mol. The van der Waals surface area contributed by atoms with Gasteiger partial charge in [-0.05, 0) is 49.2 Å². The number of amides is 1. The highest BCUT2D eigenvalue weighted by atomic mass is 32.2. The van der Waals surface area contributed by atoms with E-state index >= 15 is 0 Å². The number of fused-ring (bicyclic) bond motifs is 1. The molecular weight excluding hydrogens is 410 g/mol. The molecule has 1 N–H and O–H groups in total. The maximum atomic E-state index is 12.8. The van der Waals surface area contributed by atoms with E-state index in [1.54, 1.807) is 7.05 Å². The lowest BCUT2D eigenvalue weighted by Crippen LogP contribution is -2.34. The van der Waals surface area contributed by atoms with Gasteiger partial charge in [-0.15, -0.1) is 0 Å². The topological polar surface area (TPSA) is 88.6 Å². The lowest BCUT2D eigenvalue weighted by atomic mass is 10.2. The number of ether oxygens (including phenoxy) is 1. The molecule has 0 aliphatic carbocycles. The first-order valence-electron chi connectivity index (χ1n) is 9.28. The fraction of sp³-hybridized carbons (Fsp3) is 0.300. The van der Waals surface area contributed by atoms with E-state index in [9.17, 15) is 13.2 Å². The maximum Gasteiger partial charge on any atom is 0.257 e. The predicted octanol–water partition coefficient (Wildman–Crippen LogP) is 3.35. The van der Waals surface area contributed by atoms with Crippen molar-refractivity contribution in [2.45, 2.75) is 23.8 Å². The molecule has 7 nitrogen and oxygen atoms in total. The van der Waals surface area contributed by atoms with Crippen molar-refractivity contribution in [2.24, 2.45) is 0 Å². The van der Waals surface area contributed by atoms with E-state index in [2.05, 4.69) is 10.3 Å². The standard InChI is InChI=1S/C20H21N3O4S2/c1-23(13-15-5-4-12-27-15)29(25,26)16-10-8-14(9-11-16)19(24)22-20-21-17-6-2-3-7-18(17)28-20/h2-3,6-11,15H,4-5,12-13H2,1H3,(H,21,22,24). The van der Waals surface area contributed by atoms with Crippen LogP contribution in [0.15, 0.2) is 53.4 Å². The van der Waals surface area contributed by atoms with Gasteiger partial charge in [0.1, 0.15) is 0 Å². The fourth-order valence-electron chi connectivity index (χ4n) is 3.23. The molecule has 152 valence electrons. The summed E-state index contributed by atoms with van der Waals surface area (Å²) in [7, 11) is -2.09. The molecule has 0 bridgehead atoms. The van der Waals surface area contributed by atoms with Gasteiger partial charge in [0, 0.05) is 25.8 Å². The third-order valence-electron chi connectivity index (χ3n) is 4.82. The monoisotopic (exact) mass is 431 g/mol. The molecule has 0 spiro atoms. The number of hydrogen-bond acceptors (Lipinski definition) is 6. The van der Waals surface area contributed by atoms with Crippen LogP contribution in [0.25, 0.3) is 10.2 Å². The van der Waals surface area contributed by atoms with Gasteiger partial charge in [0.05, 0.1) is 21.2 Å². The Bertz CT molecular complexity index is 1090. The SMILES string of the molecule is CN(CC1CCCO1)S(=O)(=O)c1ccc(C(=O)Nc2nc3ccccc3s2)cc1. The summed E-state index contributed by atoms with van der Waals surface area (Å²) in [4.78, 5) is 17.0. The van der Waals surface area contributed by atoms with Gasteiger partial charge in [0.15, 0.2) is 5.13 Å². The number of nitrogens with one attached hydrogen (secondary N) is 1. The summed E-state index contributed by atoms with van der Waals surface area (Å²) in [6.07, 6.45) is 1.76. The van der Waals surface area contributed by atoms with E-state index in [-0.39, 0.29) is 16.9 Å². The first kappa shape index (κ1) is 20.0. The van der Waals surface area contributed by atoms with Crippen molar-refractivity contribution in [1.29, 1.82) is 0 Å². The second-order valence-corrected chi connectivity index (χ2v) is 9.96. The zero-order valence-electron chi connectivity index (χ0n) is 15.9. The summed E-state index contributed by atoms with van der Waals surface area (Å²) in [6, 6.07) is 13.6. The molecule has 29 heavy (non-hydrogen) atoms. The molecule has 1 aliphatic heterocycles. The number of para-hydroxylation sites is 1. The van der Waals surface area contributed by atoms with Crippen LogP contribution in [-0.4, -0.2) is 49.9 Å². The van der Waals surface area contributed by atoms with Gasteiger partial charge < -0.3 is 4.74 Å². The number of thiazole rings is 1. The van der Waals surface area contributed by atoms with Crippen LogP contribution in [0, 0.1) is 0 Å². The Labute approximate surface area is 173 Å². The first-order valence-corrected chi connectivity index (χ1v) is 11.5. The van der Waals surface area contributed by atoms with Crippen molar-refractivity contribution in [2.75, 3.05) is 25.5 Å². The Morgan fingerprint density at radius 3 is 2.69 bits per heavy atom. The molecule has 4 rings (SSSR count). The number of sulfonamides is 1. The predicted molar refractivity (Wildman–Crippen MR) is 113 cm³/mol. The Hall–Kier alpha value is -2.33. The quantitative estimate of drug-likeness (QED) is 0.647. The third kappa shape index (κ3) is 4.32. The van der Waals surface area contributed by atoms with E-state index in [0.29, 0.717) is 23.8 Å². The molecule has 0 radical (unpaired) electrons. The minimum absolute atomic E-state index is 0.0614. The Kier molecular flexibility index (Phi) is 5.64. The molecule has 1 amide bonds. The highest BCUT2D eigenvalue weighted by molar-refractivity contribution is 7.89. The van der Waals surface area contributed by atoms with E-state index in [1.807, 2.05) is 24.3 Å². The maximum absolute atomic E-state index is 12.8. The average Bonchev–Trinajstić information content (AvgIpc) is 3.37. The number of rotatable bonds is 6. The molecule has 3 aromatic rings. The molecular formula is C20H21N3O4S2. The van der Waals surface area contributed by atoms with Crippen LogP contribution in [-0.2, 0) is 14.8 Å². The first-order chi connectivity index (χ1) is 13.9. The molecule has 1 aliphatic rings. The summed E-state index contributed by atoms with van der Waals surface area (Å²) in [6.45, 7) is 0.999. The van der Waals surface area contributed by atoms with Crippen molar-refractivity contribution in [1.82, 2.24) is 9.29 Å². The molecule has 1 atom stereocenters. The van der Waals surface area contributed by atoms with Crippen LogP contribution in [0.5, 0.6) is 0 Å². The van der Waals surface area contributed by atoms with Gasteiger partial charge in [-0.2, -0.15) is 4.31 Å². The number of aromatic nitrogens is 1. The zero-order valence-corrected chi connectivity index (χ0v) is 17.5. The molecule has 2 aromatic carbocycles. The van der Waals surface area contributed by atoms with Crippen molar-refractivity contribution in [3.8, 4) is 0 Å². The third-order valence-corrected chi connectivity index (χ3v) is 7.61. The number of carbonyl (C=O) groups excluding carboxylic acids is 1. The van der Waals surface area contributed by atoms with Crippen molar-refractivity contribution < 1.29 is 17.9 Å². The minimum atomic E-state index is -3.63. The van der Waals surface area contributed by atoms with E-state index in [1.165, 1.54) is 39.9 Å². The number of hydrogen-bond donors (Lipinski definition) is 1. The Morgan fingerprint density at radius 1 is 1.24 bits per heavy atom. The smallest absolute Gasteiger partial charge is 0.257 e. The largest absolute Gasteiger partial charge is 0.377 e. The number of carbonyl (C=O) groups is 1. The summed E-state index contributed by atoms with van der Waals surface area (Å²) in [5, 5.41) is 3.27. The van der Waals surface area contributed by atoms with E-state index in [0.717, 1.165) is 23.1 Å². The highest BCUT2D eigenvalue weighted by Crippen LogP contribution is 2.26. The van der Waals surface area contributed by atoms with Crippen LogP contribution < -0.4 is 5.32 Å². The van der Waals surface area contributed by atoms with Gasteiger partial charge in [-0.3, -0.25) is 10.1 Å². The van der Waals surface area contributed by atoms with Crippen LogP contribution >= 0.6 is 11.3 Å². The van der Waals surface area contributed by atoms with E-state index in [4.69, 9.17) is 4.74 Å². The van der Waals surface area contributed by atoms with Gasteiger partial charge in [0.25, 0.3) is 5.91 Å². The summed E-state index contributed by atoms with van der Waals surface area (Å²) < 4.78 is 33.3. The van der Waals surface area contributed by atoms with Gasteiger partial charge >= 0.3 is 0 Å². The van der Waals surface area contributed by atoms with Gasteiger partial charge in [-0.1, -0.05) is 23.5 Å². The lowest BCUT2D eigenvalue weighted by Gasteiger charge is -2.20. The minimum Gasteiger partial charge on any atom is -0.377 e. The normalized spacial score (nSPS) is 17.1. The molecule has 1 saturated heterocycles. The second kappa shape index (κ2) is 8.19. The van der Waals surface area contributed by atoms with Gasteiger partial charge in [0.2, 0.25) is 10.0 Å². The zero-order chi connectivity index (χ0) is 20.4. The Morgan fingerprint density at radius 2 is 2.00 bits per heavy atom. The molecule has 2 heterocycles. The molecule has 0 saturated carbocycles.